The zero-order valence-electron chi connectivity index (χ0n) is 29.1. The van der Waals surface area contributed by atoms with Crippen molar-refractivity contribution >= 4 is 27.0 Å². The molecule has 0 radical (unpaired) electrons. The van der Waals surface area contributed by atoms with Crippen molar-refractivity contribution in [1.29, 1.82) is 0 Å². The number of hydrogen-bond acceptors (Lipinski definition) is 8. The van der Waals surface area contributed by atoms with Gasteiger partial charge in [-0.1, -0.05) is 48.5 Å². The number of aromatic nitrogens is 5. The number of carbonyl (C=O) groups excluding carboxylic acids is 1. The first kappa shape index (κ1) is 34.2. The molecule has 3 heterocycles. The van der Waals surface area contributed by atoms with E-state index in [0.29, 0.717) is 24.3 Å². The number of rotatable bonds is 9. The molecule has 0 saturated heterocycles. The highest BCUT2D eigenvalue weighted by Crippen LogP contribution is 2.42. The van der Waals surface area contributed by atoms with Gasteiger partial charge in [-0.25, -0.2) is 23.1 Å². The highest BCUT2D eigenvalue weighted by Gasteiger charge is 2.40. The lowest BCUT2D eigenvalue weighted by Crippen LogP contribution is -2.49. The molecule has 1 aliphatic rings. The summed E-state index contributed by atoms with van der Waals surface area (Å²) in [4.78, 5) is 23.9. The Morgan fingerprint density at radius 1 is 1.06 bits per heavy atom. The zero-order valence-corrected chi connectivity index (χ0v) is 29.9. The van der Waals surface area contributed by atoms with Crippen molar-refractivity contribution < 1.29 is 17.9 Å². The van der Waals surface area contributed by atoms with Gasteiger partial charge >= 0.3 is 0 Å². The fraction of sp³-hybridized carbons (Fsp3) is 0.378. The lowest BCUT2D eigenvalue weighted by atomic mass is 9.74. The van der Waals surface area contributed by atoms with Gasteiger partial charge in [0, 0.05) is 44.0 Å². The van der Waals surface area contributed by atoms with Crippen molar-refractivity contribution in [3.05, 3.63) is 107 Å². The number of aryl methyl sites for hydroxylation is 3. The second kappa shape index (κ2) is 13.3. The summed E-state index contributed by atoms with van der Waals surface area (Å²) >= 11 is 0. The van der Waals surface area contributed by atoms with E-state index in [9.17, 15) is 13.2 Å². The fourth-order valence-electron chi connectivity index (χ4n) is 6.79. The Balaban J connectivity index is 1.48. The Labute approximate surface area is 288 Å². The first-order chi connectivity index (χ1) is 23.4. The maximum atomic E-state index is 14.1. The Morgan fingerprint density at radius 3 is 2.51 bits per heavy atom. The summed E-state index contributed by atoms with van der Waals surface area (Å²) in [6, 6.07) is 17.2. The molecule has 6 rings (SSSR count). The molecule has 256 valence electrons. The average Bonchev–Trinajstić information content (AvgIpc) is 3.49. The number of likely N-dealkylation sites (N-methyl/N-ethyl adjacent to an activating group) is 1. The minimum atomic E-state index is -3.85. The summed E-state index contributed by atoms with van der Waals surface area (Å²) in [5.41, 5.74) is 6.09. The van der Waals surface area contributed by atoms with E-state index in [2.05, 4.69) is 38.5 Å². The molecule has 0 N–H and O–H groups in total. The van der Waals surface area contributed by atoms with Gasteiger partial charge in [0.15, 0.2) is 0 Å². The maximum absolute atomic E-state index is 14.1. The van der Waals surface area contributed by atoms with Crippen LogP contribution < -0.4 is 4.74 Å². The van der Waals surface area contributed by atoms with Crippen molar-refractivity contribution in [2.75, 3.05) is 13.6 Å². The monoisotopic (exact) mass is 681 g/mol. The minimum absolute atomic E-state index is 0.169. The summed E-state index contributed by atoms with van der Waals surface area (Å²) in [7, 11) is -2.06. The number of ether oxygens (including phenoxy) is 1. The van der Waals surface area contributed by atoms with E-state index in [1.165, 1.54) is 23.0 Å². The number of para-hydroxylation sites is 1. The third-order valence-corrected chi connectivity index (χ3v) is 11.8. The Morgan fingerprint density at radius 2 is 1.80 bits per heavy atom. The molecule has 1 amide bonds. The van der Waals surface area contributed by atoms with E-state index < -0.39 is 15.6 Å². The number of nitrogens with zero attached hydrogens (tertiary/aromatic N) is 7. The maximum Gasteiger partial charge on any atom is 0.257 e. The van der Waals surface area contributed by atoms with E-state index in [1.54, 1.807) is 36.2 Å². The third-order valence-electron chi connectivity index (χ3n) is 9.95. The molecule has 1 unspecified atom stereocenters. The SMILES string of the molecule is CC[C@@H]1CN(Cc2cc(C(c3ccc4c(nnn4CC)c3C)C(C)(C)N(C)C(=O)c3cncnc3)ccc2C)S(=O)(=O)c2ccccc2O1. The summed E-state index contributed by atoms with van der Waals surface area (Å²) in [5.74, 6) is -0.167. The molecule has 2 aromatic heterocycles. The molecule has 2 atom stereocenters. The van der Waals surface area contributed by atoms with Crippen LogP contribution in [0.3, 0.4) is 0 Å². The van der Waals surface area contributed by atoms with Crippen LogP contribution in [-0.4, -0.2) is 73.7 Å². The lowest BCUT2D eigenvalue weighted by molar-refractivity contribution is 0.0595. The largest absolute Gasteiger partial charge is 0.488 e. The molecule has 0 fully saturated rings. The molecular formula is C37H43N7O4S. The minimum Gasteiger partial charge on any atom is -0.488 e. The van der Waals surface area contributed by atoms with Crippen LogP contribution in [0, 0.1) is 13.8 Å². The van der Waals surface area contributed by atoms with Gasteiger partial charge in [0.05, 0.1) is 17.6 Å². The Hall–Kier alpha value is -4.68. The van der Waals surface area contributed by atoms with Gasteiger partial charge in [-0.3, -0.25) is 4.79 Å². The summed E-state index contributed by atoms with van der Waals surface area (Å²) in [6.45, 7) is 13.3. The molecule has 0 aliphatic carbocycles. The fourth-order valence-corrected chi connectivity index (χ4v) is 8.36. The van der Waals surface area contributed by atoms with Crippen LogP contribution in [-0.2, 0) is 23.1 Å². The van der Waals surface area contributed by atoms with Gasteiger partial charge in [-0.2, -0.15) is 4.31 Å². The van der Waals surface area contributed by atoms with E-state index in [0.717, 1.165) is 38.9 Å². The topological polar surface area (TPSA) is 123 Å². The average molecular weight is 682 g/mol. The molecule has 0 saturated carbocycles. The zero-order chi connectivity index (χ0) is 35.1. The van der Waals surface area contributed by atoms with Crippen LogP contribution in [0.4, 0.5) is 0 Å². The number of amides is 1. The standard InChI is InChI=1S/C37H43N7O4S/c1-8-29-22-43(49(46,47)33-13-11-10-12-32(33)48-29)21-27-18-26(15-14-24(27)3)34(30-16-17-31-35(25(30)4)40-41-44(31)9-2)37(5,6)42(7)36(45)28-19-38-23-39-20-28/h10-20,23,29,34H,8-9,21-22H2,1-7H3/t29-,34?/m1/s1. The quantitative estimate of drug-likeness (QED) is 0.188. The van der Waals surface area contributed by atoms with Crippen molar-refractivity contribution in [1.82, 2.24) is 34.2 Å². The smallest absolute Gasteiger partial charge is 0.257 e. The molecule has 11 nitrogen and oxygen atoms in total. The molecule has 0 bridgehead atoms. The molecule has 1 aliphatic heterocycles. The summed E-state index contributed by atoms with van der Waals surface area (Å²) in [6.07, 6.45) is 4.81. The van der Waals surface area contributed by atoms with Crippen molar-refractivity contribution in [3.63, 3.8) is 0 Å². The van der Waals surface area contributed by atoms with Crippen molar-refractivity contribution in [2.24, 2.45) is 0 Å². The molecule has 49 heavy (non-hydrogen) atoms. The van der Waals surface area contributed by atoms with Crippen LogP contribution in [0.1, 0.15) is 78.2 Å². The molecule has 0 spiro atoms. The number of sulfonamides is 1. The number of hydrogen-bond donors (Lipinski definition) is 0. The van der Waals surface area contributed by atoms with E-state index in [4.69, 9.17) is 4.74 Å². The lowest BCUT2D eigenvalue weighted by Gasteiger charge is -2.43. The third kappa shape index (κ3) is 6.19. The van der Waals surface area contributed by atoms with Crippen LogP contribution in [0.15, 0.2) is 78.2 Å². The first-order valence-corrected chi connectivity index (χ1v) is 18.0. The van der Waals surface area contributed by atoms with Crippen molar-refractivity contribution in [2.45, 2.75) is 83.5 Å². The highest BCUT2D eigenvalue weighted by atomic mass is 32.2. The van der Waals surface area contributed by atoms with Crippen molar-refractivity contribution in [3.8, 4) is 5.75 Å². The van der Waals surface area contributed by atoms with Gasteiger partial charge < -0.3 is 9.64 Å². The second-order valence-corrected chi connectivity index (χ2v) is 15.1. The highest BCUT2D eigenvalue weighted by molar-refractivity contribution is 7.89. The van der Waals surface area contributed by atoms with Gasteiger partial charge in [0.2, 0.25) is 10.0 Å². The second-order valence-electron chi connectivity index (χ2n) is 13.2. The number of benzene rings is 3. The number of carbonyl (C=O) groups is 1. The molecule has 12 heteroatoms. The Kier molecular flexibility index (Phi) is 9.29. The predicted molar refractivity (Wildman–Crippen MR) is 188 cm³/mol. The first-order valence-electron chi connectivity index (χ1n) is 16.6. The van der Waals surface area contributed by atoms with E-state index in [-0.39, 0.29) is 35.9 Å². The summed E-state index contributed by atoms with van der Waals surface area (Å²) < 4.78 is 37.7. The predicted octanol–water partition coefficient (Wildman–Crippen LogP) is 5.90. The van der Waals surface area contributed by atoms with Crippen LogP contribution in [0.5, 0.6) is 5.75 Å². The van der Waals surface area contributed by atoms with Crippen LogP contribution in [0.2, 0.25) is 0 Å². The number of fused-ring (bicyclic) bond motifs is 2. The van der Waals surface area contributed by atoms with E-state index >= 15 is 0 Å². The van der Waals surface area contributed by atoms with Gasteiger partial charge in [0.1, 0.15) is 28.6 Å². The Bertz CT molecular complexity index is 2110. The van der Waals surface area contributed by atoms with Crippen LogP contribution in [0.25, 0.3) is 11.0 Å². The van der Waals surface area contributed by atoms with E-state index in [1.807, 2.05) is 58.4 Å². The van der Waals surface area contributed by atoms with Crippen LogP contribution >= 0.6 is 0 Å². The molecule has 5 aromatic rings. The summed E-state index contributed by atoms with van der Waals surface area (Å²) in [5, 5.41) is 8.90. The normalized spacial score (nSPS) is 16.8. The van der Waals surface area contributed by atoms with Gasteiger partial charge in [-0.05, 0) is 87.1 Å². The molecular weight excluding hydrogens is 639 g/mol. The van der Waals surface area contributed by atoms with Gasteiger partial charge in [0.25, 0.3) is 5.91 Å². The molecule has 3 aromatic carbocycles. The van der Waals surface area contributed by atoms with Gasteiger partial charge in [-0.15, -0.1) is 5.10 Å².